The summed E-state index contributed by atoms with van der Waals surface area (Å²) in [4.78, 5) is 14.2. The van der Waals surface area contributed by atoms with Gasteiger partial charge in [-0.1, -0.05) is 17.2 Å². The number of ether oxygens (including phenoxy) is 2. The highest BCUT2D eigenvalue weighted by molar-refractivity contribution is 5.94. The number of carbonyl (C=O) groups excluding carboxylic acids is 1. The average molecular weight is 360 g/mol. The van der Waals surface area contributed by atoms with Crippen molar-refractivity contribution in [3.05, 3.63) is 47.1 Å². The van der Waals surface area contributed by atoms with Gasteiger partial charge in [0.15, 0.2) is 11.5 Å². The zero-order valence-electron chi connectivity index (χ0n) is 17.1. The molecule has 0 aliphatic heterocycles. The summed E-state index contributed by atoms with van der Waals surface area (Å²) >= 11 is 0. The van der Waals surface area contributed by atoms with Crippen molar-refractivity contribution in [3.8, 4) is 11.5 Å². The van der Waals surface area contributed by atoms with E-state index in [2.05, 4.69) is 32.9 Å². The van der Waals surface area contributed by atoms with E-state index in [-0.39, 0.29) is 5.91 Å². The minimum absolute atomic E-state index is 0.00913. The highest BCUT2D eigenvalue weighted by Crippen LogP contribution is 2.28. The van der Waals surface area contributed by atoms with Gasteiger partial charge in [0.1, 0.15) is 6.61 Å². The van der Waals surface area contributed by atoms with Gasteiger partial charge in [0.05, 0.1) is 7.11 Å². The molecule has 0 atom stereocenters. The normalized spacial score (nSPS) is 11.1. The van der Waals surface area contributed by atoms with Gasteiger partial charge in [-0.25, -0.2) is 0 Å². The summed E-state index contributed by atoms with van der Waals surface area (Å²) in [6.45, 7) is 12.2. The van der Waals surface area contributed by atoms with Gasteiger partial charge in [-0.15, -0.1) is 0 Å². The standard InChI is InChI=1S/C22H33NO3/c1-7-23(8-2)22(24)19-12-13-20(21(16-19)25-6)26-15-14-18(5)11-9-10-17(3)4/h10,12-14,16H,7-9,11,15H2,1-6H3/b18-14+. The van der Waals surface area contributed by atoms with Crippen molar-refractivity contribution < 1.29 is 14.3 Å². The Morgan fingerprint density at radius 2 is 1.77 bits per heavy atom. The van der Waals surface area contributed by atoms with Gasteiger partial charge in [0.2, 0.25) is 0 Å². The van der Waals surface area contributed by atoms with E-state index in [1.54, 1.807) is 24.1 Å². The van der Waals surface area contributed by atoms with E-state index in [4.69, 9.17) is 9.47 Å². The lowest BCUT2D eigenvalue weighted by Gasteiger charge is -2.19. The minimum atomic E-state index is 0.00913. The van der Waals surface area contributed by atoms with Crippen LogP contribution in [0.3, 0.4) is 0 Å². The van der Waals surface area contributed by atoms with Crippen molar-refractivity contribution in [1.29, 1.82) is 0 Å². The lowest BCUT2D eigenvalue weighted by Crippen LogP contribution is -2.30. The van der Waals surface area contributed by atoms with Crippen molar-refractivity contribution in [2.75, 3.05) is 26.8 Å². The van der Waals surface area contributed by atoms with Gasteiger partial charge in [0, 0.05) is 18.7 Å². The Bertz CT molecular complexity index is 639. The summed E-state index contributed by atoms with van der Waals surface area (Å²) in [5.74, 6) is 1.24. The maximum atomic E-state index is 12.5. The molecular weight excluding hydrogens is 326 g/mol. The Balaban J connectivity index is 2.73. The fourth-order valence-electron chi connectivity index (χ4n) is 2.58. The Morgan fingerprint density at radius 1 is 1.08 bits per heavy atom. The van der Waals surface area contributed by atoms with Crippen LogP contribution in [0.1, 0.15) is 57.8 Å². The van der Waals surface area contributed by atoms with E-state index in [0.717, 1.165) is 12.8 Å². The predicted molar refractivity (Wildman–Crippen MR) is 108 cm³/mol. The largest absolute Gasteiger partial charge is 0.493 e. The van der Waals surface area contributed by atoms with Crippen molar-refractivity contribution in [2.24, 2.45) is 0 Å². The van der Waals surface area contributed by atoms with Crippen LogP contribution < -0.4 is 9.47 Å². The van der Waals surface area contributed by atoms with E-state index in [9.17, 15) is 4.79 Å². The van der Waals surface area contributed by atoms with Crippen LogP contribution in [0.4, 0.5) is 0 Å². The van der Waals surface area contributed by atoms with Crippen molar-refractivity contribution in [2.45, 2.75) is 47.5 Å². The second-order valence-electron chi connectivity index (χ2n) is 6.52. The lowest BCUT2D eigenvalue weighted by atomic mass is 10.1. The summed E-state index contributed by atoms with van der Waals surface area (Å²) in [5.41, 5.74) is 3.26. The Hall–Kier alpha value is -2.23. The third-order valence-electron chi connectivity index (χ3n) is 4.22. The molecule has 0 unspecified atom stereocenters. The highest BCUT2D eigenvalue weighted by atomic mass is 16.5. The molecule has 0 saturated heterocycles. The second kappa shape index (κ2) is 11.4. The van der Waals surface area contributed by atoms with E-state index in [1.165, 1.54) is 11.1 Å². The van der Waals surface area contributed by atoms with Crippen molar-refractivity contribution in [1.82, 2.24) is 4.90 Å². The number of amides is 1. The van der Waals surface area contributed by atoms with E-state index in [1.807, 2.05) is 19.9 Å². The summed E-state index contributed by atoms with van der Waals surface area (Å²) in [5, 5.41) is 0. The monoisotopic (exact) mass is 359 g/mol. The Kier molecular flexibility index (Phi) is 9.56. The first kappa shape index (κ1) is 21.8. The first-order chi connectivity index (χ1) is 12.4. The third-order valence-corrected chi connectivity index (χ3v) is 4.22. The molecule has 1 aromatic carbocycles. The van der Waals surface area contributed by atoms with Crippen molar-refractivity contribution in [3.63, 3.8) is 0 Å². The first-order valence-electron chi connectivity index (χ1n) is 9.32. The molecule has 0 spiro atoms. The minimum Gasteiger partial charge on any atom is -0.493 e. The van der Waals surface area contributed by atoms with E-state index in [0.29, 0.717) is 36.8 Å². The summed E-state index contributed by atoms with van der Waals surface area (Å²) in [6, 6.07) is 5.35. The van der Waals surface area contributed by atoms with Gasteiger partial charge in [-0.05, 0) is 71.7 Å². The van der Waals surface area contributed by atoms with Crippen LogP contribution in [-0.2, 0) is 0 Å². The van der Waals surface area contributed by atoms with E-state index >= 15 is 0 Å². The molecule has 1 aromatic rings. The molecule has 0 aliphatic carbocycles. The summed E-state index contributed by atoms with van der Waals surface area (Å²) in [6.07, 6.45) is 6.42. The quantitative estimate of drug-likeness (QED) is 0.536. The average Bonchev–Trinajstić information content (AvgIpc) is 2.62. The molecule has 1 rings (SSSR count). The number of benzene rings is 1. The molecule has 4 heteroatoms. The van der Waals surface area contributed by atoms with Crippen LogP contribution in [0.25, 0.3) is 0 Å². The van der Waals surface area contributed by atoms with Crippen LogP contribution in [-0.4, -0.2) is 37.6 Å². The van der Waals surface area contributed by atoms with E-state index < -0.39 is 0 Å². The van der Waals surface area contributed by atoms with Crippen molar-refractivity contribution >= 4 is 5.91 Å². The van der Waals surface area contributed by atoms with Gasteiger partial charge >= 0.3 is 0 Å². The van der Waals surface area contributed by atoms with Gasteiger partial charge in [0.25, 0.3) is 5.91 Å². The molecule has 0 bridgehead atoms. The van der Waals surface area contributed by atoms with Gasteiger partial charge < -0.3 is 14.4 Å². The van der Waals surface area contributed by atoms with Crippen LogP contribution in [0.5, 0.6) is 11.5 Å². The molecule has 0 fully saturated rings. The first-order valence-corrected chi connectivity index (χ1v) is 9.32. The number of rotatable bonds is 10. The zero-order valence-corrected chi connectivity index (χ0v) is 17.1. The number of hydrogen-bond donors (Lipinski definition) is 0. The topological polar surface area (TPSA) is 38.8 Å². The molecule has 0 saturated carbocycles. The number of methoxy groups -OCH3 is 1. The molecule has 0 aromatic heterocycles. The van der Waals surface area contributed by atoms with Crippen LogP contribution in [0.15, 0.2) is 41.5 Å². The number of hydrogen-bond acceptors (Lipinski definition) is 3. The number of nitrogens with zero attached hydrogens (tertiary/aromatic N) is 1. The SMILES string of the molecule is CCN(CC)C(=O)c1ccc(OC/C=C(\C)CCC=C(C)C)c(OC)c1. The molecule has 144 valence electrons. The highest BCUT2D eigenvalue weighted by Gasteiger charge is 2.15. The van der Waals surface area contributed by atoms with Crippen LogP contribution >= 0.6 is 0 Å². The maximum Gasteiger partial charge on any atom is 0.253 e. The Morgan fingerprint density at radius 3 is 2.35 bits per heavy atom. The zero-order chi connectivity index (χ0) is 19.5. The molecule has 0 radical (unpaired) electrons. The molecule has 0 N–H and O–H groups in total. The Labute approximate surface area is 158 Å². The smallest absolute Gasteiger partial charge is 0.253 e. The molecule has 4 nitrogen and oxygen atoms in total. The lowest BCUT2D eigenvalue weighted by molar-refractivity contribution is 0.0772. The molecule has 0 heterocycles. The summed E-state index contributed by atoms with van der Waals surface area (Å²) < 4.78 is 11.2. The fourth-order valence-corrected chi connectivity index (χ4v) is 2.58. The number of carbonyl (C=O) groups is 1. The third kappa shape index (κ3) is 6.95. The number of allylic oxidation sites excluding steroid dienone is 3. The summed E-state index contributed by atoms with van der Waals surface area (Å²) in [7, 11) is 1.59. The molecular formula is C22H33NO3. The van der Waals surface area contributed by atoms with Gasteiger partial charge in [-0.2, -0.15) is 0 Å². The molecule has 1 amide bonds. The predicted octanol–water partition coefficient (Wildman–Crippen LogP) is 5.25. The molecule has 0 aliphatic rings. The van der Waals surface area contributed by atoms with Crippen LogP contribution in [0, 0.1) is 0 Å². The fraction of sp³-hybridized carbons (Fsp3) is 0.500. The molecule has 26 heavy (non-hydrogen) atoms. The van der Waals surface area contributed by atoms with Crippen LogP contribution in [0.2, 0.25) is 0 Å². The van der Waals surface area contributed by atoms with Gasteiger partial charge in [-0.3, -0.25) is 4.79 Å². The second-order valence-corrected chi connectivity index (χ2v) is 6.52. The maximum absolute atomic E-state index is 12.5.